The van der Waals surface area contributed by atoms with Gasteiger partial charge in [0.05, 0.1) is 0 Å². The summed E-state index contributed by atoms with van der Waals surface area (Å²) in [5.41, 5.74) is 0. The molecule has 0 spiro atoms. The number of halogens is 4. The molecule has 21 heavy (non-hydrogen) atoms. The minimum atomic E-state index is -4.59. The van der Waals surface area contributed by atoms with E-state index in [0.717, 1.165) is 32.5 Å². The first kappa shape index (κ1) is 16.3. The second-order valence-corrected chi connectivity index (χ2v) is 5.53. The Balaban J connectivity index is 2.16. The van der Waals surface area contributed by atoms with Crippen LogP contribution in [0.2, 0.25) is 5.15 Å². The van der Waals surface area contributed by atoms with Crippen molar-refractivity contribution < 1.29 is 13.2 Å². The van der Waals surface area contributed by atoms with Crippen LogP contribution in [0.5, 0.6) is 0 Å². The van der Waals surface area contributed by atoms with Gasteiger partial charge in [-0.15, -0.1) is 0 Å². The summed E-state index contributed by atoms with van der Waals surface area (Å²) in [4.78, 5) is 11.0. The highest BCUT2D eigenvalue weighted by atomic mass is 35.5. The smallest absolute Gasteiger partial charge is 0.356 e. The Kier molecular flexibility index (Phi) is 4.93. The van der Waals surface area contributed by atoms with Gasteiger partial charge in [-0.2, -0.15) is 13.2 Å². The highest BCUT2D eigenvalue weighted by Gasteiger charge is 2.36. The van der Waals surface area contributed by atoms with Crippen molar-refractivity contribution in [1.82, 2.24) is 14.9 Å². The Morgan fingerprint density at radius 3 is 2.48 bits per heavy atom. The number of likely N-dealkylation sites (tertiary alicyclic amines) is 1. The van der Waals surface area contributed by atoms with E-state index in [1.54, 1.807) is 11.9 Å². The third-order valence-electron chi connectivity index (χ3n) is 3.85. The summed E-state index contributed by atoms with van der Waals surface area (Å²) < 4.78 is 38.2. The van der Waals surface area contributed by atoms with E-state index in [1.807, 2.05) is 0 Å². The minimum absolute atomic E-state index is 0.167. The van der Waals surface area contributed by atoms with Crippen LogP contribution in [-0.2, 0) is 6.18 Å². The monoisotopic (exact) mass is 322 g/mol. The van der Waals surface area contributed by atoms with Gasteiger partial charge in [-0.3, -0.25) is 0 Å². The topological polar surface area (TPSA) is 32.3 Å². The molecule has 0 aromatic carbocycles. The van der Waals surface area contributed by atoms with Crippen LogP contribution in [-0.4, -0.2) is 47.6 Å². The van der Waals surface area contributed by atoms with Crippen LogP contribution in [0.25, 0.3) is 0 Å². The average molecular weight is 323 g/mol. The molecule has 1 aromatic rings. The van der Waals surface area contributed by atoms with Crippen LogP contribution in [0.1, 0.15) is 25.6 Å². The second-order valence-electron chi connectivity index (χ2n) is 5.15. The molecule has 118 valence electrons. The molecule has 2 heterocycles. The van der Waals surface area contributed by atoms with Crippen molar-refractivity contribution in [3.05, 3.63) is 17.0 Å². The van der Waals surface area contributed by atoms with Crippen molar-refractivity contribution in [3.8, 4) is 0 Å². The quantitative estimate of drug-likeness (QED) is 0.801. The number of hydrogen-bond acceptors (Lipinski definition) is 4. The molecule has 0 aliphatic carbocycles. The molecule has 0 amide bonds. The molecule has 1 aliphatic rings. The molecule has 0 saturated carbocycles. The van der Waals surface area contributed by atoms with Gasteiger partial charge in [0.2, 0.25) is 5.82 Å². The van der Waals surface area contributed by atoms with E-state index in [1.165, 1.54) is 6.07 Å². The average Bonchev–Trinajstić information content (AvgIpc) is 2.45. The van der Waals surface area contributed by atoms with Crippen molar-refractivity contribution >= 4 is 17.4 Å². The standard InChI is InChI=1S/C13H18ClF3N4/c1-3-21-6-4-9(5-7-21)20(2)11-8-10(14)18-12(19-11)13(15,16)17/h8-9H,3-7H2,1-2H3. The maximum atomic E-state index is 12.7. The van der Waals surface area contributed by atoms with Crippen molar-refractivity contribution in [2.45, 2.75) is 32.0 Å². The van der Waals surface area contributed by atoms with E-state index in [-0.39, 0.29) is 17.0 Å². The lowest BCUT2D eigenvalue weighted by Gasteiger charge is -2.36. The van der Waals surface area contributed by atoms with E-state index >= 15 is 0 Å². The summed E-state index contributed by atoms with van der Waals surface area (Å²) in [6.45, 7) is 4.98. The number of piperidine rings is 1. The van der Waals surface area contributed by atoms with Gasteiger partial charge in [-0.1, -0.05) is 18.5 Å². The van der Waals surface area contributed by atoms with E-state index in [2.05, 4.69) is 21.8 Å². The number of rotatable bonds is 3. The van der Waals surface area contributed by atoms with E-state index < -0.39 is 12.0 Å². The fourth-order valence-electron chi connectivity index (χ4n) is 2.52. The molecular formula is C13H18ClF3N4. The lowest BCUT2D eigenvalue weighted by atomic mass is 10.0. The fraction of sp³-hybridized carbons (Fsp3) is 0.692. The second kappa shape index (κ2) is 6.36. The van der Waals surface area contributed by atoms with Gasteiger partial charge in [-0.25, -0.2) is 9.97 Å². The van der Waals surface area contributed by atoms with Crippen LogP contribution >= 0.6 is 11.6 Å². The molecule has 4 nitrogen and oxygen atoms in total. The molecule has 8 heteroatoms. The number of anilines is 1. The van der Waals surface area contributed by atoms with Crippen LogP contribution in [0.15, 0.2) is 6.07 Å². The van der Waals surface area contributed by atoms with Crippen molar-refractivity contribution in [1.29, 1.82) is 0 Å². The SMILES string of the molecule is CCN1CCC(N(C)c2cc(Cl)nc(C(F)(F)F)n2)CC1. The molecule has 2 rings (SSSR count). The maximum absolute atomic E-state index is 12.7. The molecule has 1 aliphatic heterocycles. The Hall–Kier alpha value is -1.08. The number of hydrogen-bond donors (Lipinski definition) is 0. The normalized spacial score (nSPS) is 18.0. The van der Waals surface area contributed by atoms with Gasteiger partial charge in [0.15, 0.2) is 0 Å². The Morgan fingerprint density at radius 2 is 1.95 bits per heavy atom. The lowest BCUT2D eigenvalue weighted by Crippen LogP contribution is -2.43. The molecule has 0 atom stereocenters. The molecule has 1 aromatic heterocycles. The fourth-order valence-corrected chi connectivity index (χ4v) is 2.70. The Morgan fingerprint density at radius 1 is 1.33 bits per heavy atom. The summed E-state index contributed by atoms with van der Waals surface area (Å²) in [6.07, 6.45) is -2.80. The summed E-state index contributed by atoms with van der Waals surface area (Å²) in [5, 5.41) is -0.190. The van der Waals surface area contributed by atoms with Crippen LogP contribution < -0.4 is 4.90 Å². The van der Waals surface area contributed by atoms with Crippen LogP contribution in [0.4, 0.5) is 19.0 Å². The Labute approximate surface area is 126 Å². The number of aromatic nitrogens is 2. The molecule has 1 fully saturated rings. The number of alkyl halides is 3. The van der Waals surface area contributed by atoms with Crippen molar-refractivity contribution in [3.63, 3.8) is 0 Å². The zero-order valence-electron chi connectivity index (χ0n) is 12.0. The van der Waals surface area contributed by atoms with Gasteiger partial charge in [0, 0.05) is 32.2 Å². The third kappa shape index (κ3) is 3.97. The van der Waals surface area contributed by atoms with Gasteiger partial charge < -0.3 is 9.80 Å². The van der Waals surface area contributed by atoms with Crippen molar-refractivity contribution in [2.24, 2.45) is 0 Å². The van der Waals surface area contributed by atoms with Crippen LogP contribution in [0.3, 0.4) is 0 Å². The van der Waals surface area contributed by atoms with E-state index in [9.17, 15) is 13.2 Å². The highest BCUT2D eigenvalue weighted by Crippen LogP contribution is 2.30. The van der Waals surface area contributed by atoms with Gasteiger partial charge in [0.1, 0.15) is 11.0 Å². The van der Waals surface area contributed by atoms with Crippen LogP contribution in [0, 0.1) is 0 Å². The van der Waals surface area contributed by atoms with Gasteiger partial charge in [-0.05, 0) is 19.4 Å². The molecule has 0 radical (unpaired) electrons. The predicted molar refractivity (Wildman–Crippen MR) is 75.6 cm³/mol. The van der Waals surface area contributed by atoms with E-state index in [0.29, 0.717) is 0 Å². The molecular weight excluding hydrogens is 305 g/mol. The maximum Gasteiger partial charge on any atom is 0.451 e. The largest absolute Gasteiger partial charge is 0.451 e. The third-order valence-corrected chi connectivity index (χ3v) is 4.04. The predicted octanol–water partition coefficient (Wildman–Crippen LogP) is 3.07. The van der Waals surface area contributed by atoms with Gasteiger partial charge >= 0.3 is 6.18 Å². The Bertz CT molecular complexity index is 487. The number of nitrogens with zero attached hydrogens (tertiary/aromatic N) is 4. The first-order chi connectivity index (χ1) is 9.81. The first-order valence-electron chi connectivity index (χ1n) is 6.88. The molecule has 1 saturated heterocycles. The van der Waals surface area contributed by atoms with Gasteiger partial charge in [0.25, 0.3) is 0 Å². The summed E-state index contributed by atoms with van der Waals surface area (Å²) in [5.74, 6) is -0.972. The minimum Gasteiger partial charge on any atom is -0.356 e. The summed E-state index contributed by atoms with van der Waals surface area (Å²) in [7, 11) is 1.76. The molecule has 0 unspecified atom stereocenters. The zero-order chi connectivity index (χ0) is 15.6. The summed E-state index contributed by atoms with van der Waals surface area (Å²) in [6, 6.07) is 1.54. The molecule has 0 N–H and O–H groups in total. The highest BCUT2D eigenvalue weighted by molar-refractivity contribution is 6.29. The molecule has 0 bridgehead atoms. The zero-order valence-corrected chi connectivity index (χ0v) is 12.7. The summed E-state index contributed by atoms with van der Waals surface area (Å²) >= 11 is 5.70. The first-order valence-corrected chi connectivity index (χ1v) is 7.26. The van der Waals surface area contributed by atoms with Crippen molar-refractivity contribution in [2.75, 3.05) is 31.6 Å². The lowest BCUT2D eigenvalue weighted by molar-refractivity contribution is -0.144. The van der Waals surface area contributed by atoms with E-state index in [4.69, 9.17) is 11.6 Å².